The monoisotopic (exact) mass is 467 g/mol. The molecule has 1 aromatic heterocycles. The lowest BCUT2D eigenvalue weighted by molar-refractivity contribution is 0.316. The Morgan fingerprint density at radius 1 is 0.909 bits per heavy atom. The van der Waals surface area contributed by atoms with Crippen LogP contribution >= 0.6 is 12.2 Å². The number of thiocarbonyl (C=S) groups is 1. The topological polar surface area (TPSA) is 65.1 Å². The Labute approximate surface area is 200 Å². The molecule has 0 saturated carbocycles. The summed E-state index contributed by atoms with van der Waals surface area (Å²) in [5, 5.41) is 3.89. The van der Waals surface area contributed by atoms with Crippen LogP contribution in [0.2, 0.25) is 0 Å². The van der Waals surface area contributed by atoms with Gasteiger partial charge in [0, 0.05) is 31.0 Å². The summed E-state index contributed by atoms with van der Waals surface area (Å²) in [6, 6.07) is 13.7. The summed E-state index contributed by atoms with van der Waals surface area (Å²) >= 11 is 5.84. The molecule has 0 aliphatic rings. The third-order valence-electron chi connectivity index (χ3n) is 5.13. The number of nitrogens with zero attached hydrogens (tertiary/aromatic N) is 2. The van der Waals surface area contributed by atoms with Crippen molar-refractivity contribution in [1.82, 2.24) is 9.88 Å². The molecule has 0 amide bonds. The van der Waals surface area contributed by atoms with E-state index in [1.807, 2.05) is 60.5 Å². The predicted molar refractivity (Wildman–Crippen MR) is 134 cm³/mol. The molecule has 1 heterocycles. The van der Waals surface area contributed by atoms with Gasteiger partial charge in [-0.3, -0.25) is 4.98 Å². The highest BCUT2D eigenvalue weighted by Gasteiger charge is 2.20. The summed E-state index contributed by atoms with van der Waals surface area (Å²) in [6.07, 6.45) is 3.58. The Kier molecular flexibility index (Phi) is 8.32. The van der Waals surface area contributed by atoms with Crippen molar-refractivity contribution in [2.45, 2.75) is 20.0 Å². The minimum Gasteiger partial charge on any atom is -0.495 e. The summed E-state index contributed by atoms with van der Waals surface area (Å²) in [7, 11) is 6.44. The largest absolute Gasteiger partial charge is 0.495 e. The molecule has 0 aliphatic heterocycles. The quantitative estimate of drug-likeness (QED) is 0.449. The molecule has 0 radical (unpaired) electrons. The lowest BCUT2D eigenvalue weighted by atomic mass is 10.1. The number of hydrogen-bond acceptors (Lipinski definition) is 6. The van der Waals surface area contributed by atoms with Crippen molar-refractivity contribution in [3.63, 3.8) is 0 Å². The Morgan fingerprint density at radius 2 is 1.64 bits per heavy atom. The molecule has 33 heavy (non-hydrogen) atoms. The Bertz CT molecular complexity index is 1090. The van der Waals surface area contributed by atoms with Crippen LogP contribution in [-0.4, -0.2) is 43.4 Å². The molecule has 1 N–H and O–H groups in total. The fraction of sp³-hybridized carbons (Fsp3) is 0.280. The number of ether oxygens (including phenoxy) is 4. The summed E-state index contributed by atoms with van der Waals surface area (Å²) in [4.78, 5) is 6.28. The third kappa shape index (κ3) is 5.84. The van der Waals surface area contributed by atoms with Gasteiger partial charge in [-0.25, -0.2) is 0 Å². The van der Waals surface area contributed by atoms with E-state index in [0.29, 0.717) is 41.2 Å². The van der Waals surface area contributed by atoms with Gasteiger partial charge in [0.15, 0.2) is 16.6 Å². The number of pyridine rings is 1. The summed E-state index contributed by atoms with van der Waals surface area (Å²) < 4.78 is 22.2. The van der Waals surface area contributed by atoms with E-state index in [-0.39, 0.29) is 0 Å². The number of hydrogen-bond donors (Lipinski definition) is 1. The van der Waals surface area contributed by atoms with Crippen molar-refractivity contribution in [3.05, 3.63) is 71.5 Å². The molecule has 0 bridgehead atoms. The smallest absolute Gasteiger partial charge is 0.203 e. The van der Waals surface area contributed by atoms with E-state index in [1.165, 1.54) is 0 Å². The highest BCUT2D eigenvalue weighted by Crippen LogP contribution is 2.40. The van der Waals surface area contributed by atoms with Crippen LogP contribution in [0.3, 0.4) is 0 Å². The zero-order valence-corrected chi connectivity index (χ0v) is 20.4. The van der Waals surface area contributed by atoms with Crippen molar-refractivity contribution < 1.29 is 18.9 Å². The number of nitrogens with one attached hydrogen (secondary N) is 1. The van der Waals surface area contributed by atoms with Gasteiger partial charge in [0.1, 0.15) is 5.75 Å². The van der Waals surface area contributed by atoms with E-state index < -0.39 is 0 Å². The van der Waals surface area contributed by atoms with E-state index in [1.54, 1.807) is 34.6 Å². The molecular weight excluding hydrogens is 438 g/mol. The number of rotatable bonds is 9. The lowest BCUT2D eigenvalue weighted by Crippen LogP contribution is -2.34. The minimum absolute atomic E-state index is 0.471. The minimum atomic E-state index is 0.471. The second kappa shape index (κ2) is 11.4. The van der Waals surface area contributed by atoms with E-state index in [2.05, 4.69) is 10.3 Å². The van der Waals surface area contributed by atoms with E-state index in [9.17, 15) is 0 Å². The van der Waals surface area contributed by atoms with Crippen LogP contribution in [0.15, 0.2) is 54.9 Å². The zero-order valence-electron chi connectivity index (χ0n) is 19.5. The van der Waals surface area contributed by atoms with Crippen molar-refractivity contribution in [2.75, 3.05) is 33.8 Å². The maximum atomic E-state index is 5.84. The van der Waals surface area contributed by atoms with Gasteiger partial charge in [-0.2, -0.15) is 0 Å². The Morgan fingerprint density at radius 3 is 2.27 bits per heavy atom. The molecule has 174 valence electrons. The first-order chi connectivity index (χ1) is 16.0. The van der Waals surface area contributed by atoms with Gasteiger partial charge in [0.25, 0.3) is 0 Å². The summed E-state index contributed by atoms with van der Waals surface area (Å²) in [5.41, 5.74) is 3.83. The van der Waals surface area contributed by atoms with Crippen LogP contribution in [0, 0.1) is 6.92 Å². The molecule has 8 heteroatoms. The number of aromatic nitrogens is 1. The van der Waals surface area contributed by atoms with E-state index in [4.69, 9.17) is 31.2 Å². The fourth-order valence-corrected chi connectivity index (χ4v) is 3.76. The van der Waals surface area contributed by atoms with Gasteiger partial charge in [0.05, 0.1) is 34.1 Å². The van der Waals surface area contributed by atoms with Gasteiger partial charge in [0.2, 0.25) is 5.75 Å². The molecule has 2 aromatic carbocycles. The molecule has 0 spiro atoms. The predicted octanol–water partition coefficient (Wildman–Crippen LogP) is 4.82. The van der Waals surface area contributed by atoms with Crippen molar-refractivity contribution in [3.8, 4) is 23.0 Å². The normalized spacial score (nSPS) is 10.3. The maximum Gasteiger partial charge on any atom is 0.203 e. The van der Waals surface area contributed by atoms with Crippen LogP contribution < -0.4 is 24.3 Å². The maximum absolute atomic E-state index is 5.84. The first-order valence-corrected chi connectivity index (χ1v) is 10.8. The van der Waals surface area contributed by atoms with Crippen molar-refractivity contribution in [1.29, 1.82) is 0 Å². The van der Waals surface area contributed by atoms with Crippen LogP contribution in [0.5, 0.6) is 23.0 Å². The highest BCUT2D eigenvalue weighted by atomic mass is 32.1. The number of aryl methyl sites for hydroxylation is 1. The van der Waals surface area contributed by atoms with Crippen LogP contribution in [0.25, 0.3) is 0 Å². The Hall–Kier alpha value is -3.52. The second-order valence-corrected chi connectivity index (χ2v) is 7.73. The van der Waals surface area contributed by atoms with Crippen LogP contribution in [-0.2, 0) is 13.1 Å². The summed E-state index contributed by atoms with van der Waals surface area (Å²) in [6.45, 7) is 3.04. The summed E-state index contributed by atoms with van der Waals surface area (Å²) in [5.74, 6) is 2.46. The molecule has 0 fully saturated rings. The Balaban J connectivity index is 1.96. The van der Waals surface area contributed by atoms with Gasteiger partial charge in [-0.1, -0.05) is 12.1 Å². The van der Waals surface area contributed by atoms with Crippen LogP contribution in [0.4, 0.5) is 5.69 Å². The molecule has 0 saturated heterocycles. The fourth-order valence-electron chi connectivity index (χ4n) is 3.52. The molecular formula is C25H29N3O4S. The zero-order chi connectivity index (χ0) is 23.8. The van der Waals surface area contributed by atoms with Crippen LogP contribution in [0.1, 0.15) is 16.7 Å². The molecule has 0 atom stereocenters. The first-order valence-electron chi connectivity index (χ1n) is 10.4. The van der Waals surface area contributed by atoms with Gasteiger partial charge in [-0.15, -0.1) is 0 Å². The average Bonchev–Trinajstić information content (AvgIpc) is 2.83. The highest BCUT2D eigenvalue weighted by molar-refractivity contribution is 7.80. The SMILES string of the molecule is COc1ccc(C)cc1NC(=S)N(Cc1cccnc1)Cc1ccc(OC)c(OC)c1OC. The second-order valence-electron chi connectivity index (χ2n) is 7.34. The average molecular weight is 468 g/mol. The molecule has 0 aliphatic carbocycles. The number of benzene rings is 2. The third-order valence-corrected chi connectivity index (χ3v) is 5.49. The van der Waals surface area contributed by atoms with E-state index in [0.717, 1.165) is 22.4 Å². The molecule has 3 aromatic rings. The molecule has 3 rings (SSSR count). The van der Waals surface area contributed by atoms with Gasteiger partial charge in [-0.05, 0) is 60.6 Å². The van der Waals surface area contributed by atoms with Gasteiger partial charge < -0.3 is 29.2 Å². The van der Waals surface area contributed by atoms with Crippen molar-refractivity contribution >= 4 is 23.0 Å². The number of anilines is 1. The first kappa shape index (κ1) is 24.1. The molecule has 0 unspecified atom stereocenters. The van der Waals surface area contributed by atoms with E-state index >= 15 is 0 Å². The number of methoxy groups -OCH3 is 4. The lowest BCUT2D eigenvalue weighted by Gasteiger charge is -2.28. The standard InChI is InChI=1S/C25H29N3O4S/c1-17-8-10-21(29-2)20(13-17)27-25(33)28(15-18-7-6-12-26-14-18)16-19-9-11-22(30-3)24(32-5)23(19)31-4/h6-14H,15-16H2,1-5H3,(H,27,33). The van der Waals surface area contributed by atoms with Crippen molar-refractivity contribution in [2.24, 2.45) is 0 Å². The molecule has 7 nitrogen and oxygen atoms in total. The van der Waals surface area contributed by atoms with Gasteiger partial charge >= 0.3 is 0 Å².